The molecule has 0 radical (unpaired) electrons. The largest absolute Gasteiger partial charge is 0.432 e. The van der Waals surface area contributed by atoms with Crippen LogP contribution in [0.3, 0.4) is 0 Å². The summed E-state index contributed by atoms with van der Waals surface area (Å²) in [5.41, 5.74) is -0.836. The van der Waals surface area contributed by atoms with E-state index in [1.54, 1.807) is 0 Å². The predicted octanol–water partition coefficient (Wildman–Crippen LogP) is 5.82. The summed E-state index contributed by atoms with van der Waals surface area (Å²) in [5, 5.41) is 0.936. The number of alkyl halides is 6. The number of carbonyl (C=O) groups excluding carboxylic acids is 1. The Bertz CT molecular complexity index is 834. The number of hydrogen-bond acceptors (Lipinski definition) is 2. The van der Waals surface area contributed by atoms with Crippen LogP contribution < -0.4 is 11.1 Å². The quantitative estimate of drug-likeness (QED) is 0.474. The van der Waals surface area contributed by atoms with Gasteiger partial charge in [0, 0.05) is 16.8 Å². The zero-order valence-electron chi connectivity index (χ0n) is 13.1. The molecule has 0 spiro atoms. The van der Waals surface area contributed by atoms with Gasteiger partial charge in [-0.05, 0) is 36.4 Å². The second-order valence-electron chi connectivity index (χ2n) is 5.40. The topological polar surface area (TPSA) is 55.1 Å². The van der Waals surface area contributed by atoms with Crippen molar-refractivity contribution >= 4 is 40.5 Å². The molecule has 1 amide bonds. The summed E-state index contributed by atoms with van der Waals surface area (Å²) in [6, 6.07) is 6.23. The number of nitrogen functional groups attached to an aromatic ring is 1. The van der Waals surface area contributed by atoms with Gasteiger partial charge in [0.05, 0.1) is 15.7 Å². The van der Waals surface area contributed by atoms with Gasteiger partial charge >= 0.3 is 6.18 Å². The first kappa shape index (κ1) is 21.2. The first-order chi connectivity index (χ1) is 12.4. The van der Waals surface area contributed by atoms with E-state index in [1.807, 2.05) is 0 Å². The number of hydrogen-bond donors (Lipinski definition) is 2. The summed E-state index contributed by atoms with van der Waals surface area (Å²) >= 11 is 11.5. The van der Waals surface area contributed by atoms with Gasteiger partial charge in [-0.2, -0.15) is 13.2 Å². The maximum absolute atomic E-state index is 14.1. The van der Waals surface area contributed by atoms with Crippen molar-refractivity contribution in [2.75, 3.05) is 11.1 Å². The normalized spacial score (nSPS) is 14.1. The molecule has 3 N–H and O–H groups in total. The van der Waals surface area contributed by atoms with Crippen LogP contribution in [0.5, 0.6) is 0 Å². The van der Waals surface area contributed by atoms with E-state index in [0.29, 0.717) is 17.8 Å². The SMILES string of the molecule is Nc1ccc(C(=O)Nc2c(Cl)cc(C(F)(C(F)F)C(F)(F)F)cc2Cl)cc1. The summed E-state index contributed by atoms with van der Waals surface area (Å²) in [5.74, 6) is -0.747. The second kappa shape index (κ2) is 7.47. The molecular formula is C16H10Cl2F6N2O. The molecule has 27 heavy (non-hydrogen) atoms. The number of halogens is 8. The molecule has 0 fully saturated rings. The van der Waals surface area contributed by atoms with Crippen LogP contribution in [0.4, 0.5) is 37.7 Å². The first-order valence-electron chi connectivity index (χ1n) is 7.08. The van der Waals surface area contributed by atoms with Gasteiger partial charge in [0.1, 0.15) is 0 Å². The molecule has 1 atom stereocenters. The highest BCUT2D eigenvalue weighted by molar-refractivity contribution is 6.40. The van der Waals surface area contributed by atoms with Gasteiger partial charge in [-0.3, -0.25) is 4.79 Å². The number of nitrogens with one attached hydrogen (secondary N) is 1. The fourth-order valence-electron chi connectivity index (χ4n) is 2.14. The maximum Gasteiger partial charge on any atom is 0.432 e. The third-order valence-electron chi connectivity index (χ3n) is 3.59. The van der Waals surface area contributed by atoms with E-state index in [1.165, 1.54) is 24.3 Å². The van der Waals surface area contributed by atoms with Crippen molar-refractivity contribution in [2.45, 2.75) is 18.3 Å². The molecule has 2 aromatic rings. The molecule has 146 valence electrons. The van der Waals surface area contributed by atoms with Gasteiger partial charge in [-0.1, -0.05) is 23.2 Å². The minimum atomic E-state index is -5.91. The third kappa shape index (κ3) is 4.08. The Morgan fingerprint density at radius 1 is 1.00 bits per heavy atom. The average molecular weight is 431 g/mol. The zero-order chi connectivity index (χ0) is 20.6. The van der Waals surface area contributed by atoms with Crippen LogP contribution in [-0.2, 0) is 5.67 Å². The number of rotatable bonds is 4. The predicted molar refractivity (Wildman–Crippen MR) is 90.1 cm³/mol. The number of anilines is 2. The number of benzene rings is 2. The van der Waals surface area contributed by atoms with E-state index in [4.69, 9.17) is 28.9 Å². The van der Waals surface area contributed by atoms with Crippen LogP contribution in [0.1, 0.15) is 15.9 Å². The molecule has 0 aliphatic rings. The molecule has 0 saturated heterocycles. The molecule has 0 heterocycles. The highest BCUT2D eigenvalue weighted by Gasteiger charge is 2.64. The Morgan fingerprint density at radius 3 is 1.89 bits per heavy atom. The molecule has 3 nitrogen and oxygen atoms in total. The highest BCUT2D eigenvalue weighted by Crippen LogP contribution is 2.49. The Hall–Kier alpha value is -2.13. The van der Waals surface area contributed by atoms with E-state index < -0.39 is 39.8 Å². The lowest BCUT2D eigenvalue weighted by Gasteiger charge is -2.28. The molecule has 0 bridgehead atoms. The van der Waals surface area contributed by atoms with Crippen molar-refractivity contribution in [2.24, 2.45) is 0 Å². The average Bonchev–Trinajstić information content (AvgIpc) is 2.56. The molecule has 0 saturated carbocycles. The monoisotopic (exact) mass is 430 g/mol. The molecule has 1 unspecified atom stereocenters. The van der Waals surface area contributed by atoms with Crippen molar-refractivity contribution in [3.05, 3.63) is 57.6 Å². The van der Waals surface area contributed by atoms with E-state index in [2.05, 4.69) is 5.32 Å². The number of nitrogens with two attached hydrogens (primary N) is 1. The van der Waals surface area contributed by atoms with Gasteiger partial charge in [0.2, 0.25) is 0 Å². The fourth-order valence-corrected chi connectivity index (χ4v) is 2.72. The van der Waals surface area contributed by atoms with Gasteiger partial charge < -0.3 is 11.1 Å². The summed E-state index contributed by atoms with van der Waals surface area (Å²) in [6.45, 7) is 0. The van der Waals surface area contributed by atoms with Gasteiger partial charge in [-0.15, -0.1) is 0 Å². The Labute approximate surface area is 159 Å². The maximum atomic E-state index is 14.1. The van der Waals surface area contributed by atoms with Crippen molar-refractivity contribution in [1.82, 2.24) is 0 Å². The number of amides is 1. The minimum absolute atomic E-state index is 0.114. The summed E-state index contributed by atoms with van der Waals surface area (Å²) < 4.78 is 78.3. The van der Waals surface area contributed by atoms with Crippen LogP contribution in [0.25, 0.3) is 0 Å². The van der Waals surface area contributed by atoms with E-state index in [-0.39, 0.29) is 11.3 Å². The van der Waals surface area contributed by atoms with Crippen molar-refractivity contribution < 1.29 is 31.1 Å². The number of carbonyl (C=O) groups is 1. The smallest absolute Gasteiger partial charge is 0.399 e. The van der Waals surface area contributed by atoms with Crippen LogP contribution in [0.15, 0.2) is 36.4 Å². The standard InChI is InChI=1S/C16H10Cl2F6N2O/c17-10-5-8(15(21,14(19)20)16(22,23)24)6-11(18)12(10)26-13(27)7-1-3-9(25)4-2-7/h1-6,14H,25H2,(H,26,27). The fraction of sp³-hybridized carbons (Fsp3) is 0.188. The summed E-state index contributed by atoms with van der Waals surface area (Å²) in [4.78, 5) is 12.1. The lowest BCUT2D eigenvalue weighted by Crippen LogP contribution is -2.44. The van der Waals surface area contributed by atoms with Crippen LogP contribution in [-0.4, -0.2) is 18.5 Å². The molecule has 2 aromatic carbocycles. The van der Waals surface area contributed by atoms with E-state index in [9.17, 15) is 31.1 Å². The zero-order valence-corrected chi connectivity index (χ0v) is 14.6. The van der Waals surface area contributed by atoms with Crippen molar-refractivity contribution in [1.29, 1.82) is 0 Å². The Morgan fingerprint density at radius 2 is 1.48 bits per heavy atom. The van der Waals surface area contributed by atoms with Gasteiger partial charge in [0.15, 0.2) is 0 Å². The van der Waals surface area contributed by atoms with Gasteiger partial charge in [0.25, 0.3) is 18.0 Å². The van der Waals surface area contributed by atoms with Crippen LogP contribution in [0.2, 0.25) is 10.0 Å². The van der Waals surface area contributed by atoms with E-state index in [0.717, 1.165) is 0 Å². The van der Waals surface area contributed by atoms with Crippen LogP contribution in [0, 0.1) is 0 Å². The minimum Gasteiger partial charge on any atom is -0.399 e. The lowest BCUT2D eigenvalue weighted by molar-refractivity contribution is -0.274. The Kier molecular flexibility index (Phi) is 5.86. The summed E-state index contributed by atoms with van der Waals surface area (Å²) in [6.07, 6.45) is -10.3. The third-order valence-corrected chi connectivity index (χ3v) is 4.18. The molecule has 0 aliphatic carbocycles. The molecule has 0 aliphatic heterocycles. The Balaban J connectivity index is 2.42. The lowest BCUT2D eigenvalue weighted by atomic mass is 9.95. The molecule has 11 heteroatoms. The molecular weight excluding hydrogens is 421 g/mol. The highest BCUT2D eigenvalue weighted by atomic mass is 35.5. The second-order valence-corrected chi connectivity index (χ2v) is 6.22. The van der Waals surface area contributed by atoms with E-state index >= 15 is 0 Å². The first-order valence-corrected chi connectivity index (χ1v) is 7.83. The van der Waals surface area contributed by atoms with Crippen molar-refractivity contribution in [3.8, 4) is 0 Å². The molecule has 2 rings (SSSR count). The van der Waals surface area contributed by atoms with Gasteiger partial charge in [-0.25, -0.2) is 13.2 Å². The van der Waals surface area contributed by atoms with Crippen molar-refractivity contribution in [3.63, 3.8) is 0 Å². The molecule has 0 aromatic heterocycles. The summed E-state index contributed by atoms with van der Waals surface area (Å²) in [7, 11) is 0. The van der Waals surface area contributed by atoms with Crippen LogP contribution >= 0.6 is 23.2 Å².